The Labute approximate surface area is 167 Å². The molecule has 2 aromatic carbocycles. The van der Waals surface area contributed by atoms with Gasteiger partial charge in [-0.1, -0.05) is 41.9 Å². The van der Waals surface area contributed by atoms with Crippen LogP contribution in [0.5, 0.6) is 5.75 Å². The molecule has 2 heterocycles. The minimum Gasteiger partial charge on any atom is -0.490 e. The molecule has 0 fully saturated rings. The molecule has 0 spiro atoms. The lowest BCUT2D eigenvalue weighted by Gasteiger charge is -2.22. The molecule has 0 saturated carbocycles. The van der Waals surface area contributed by atoms with Crippen LogP contribution in [0, 0.1) is 0 Å². The summed E-state index contributed by atoms with van der Waals surface area (Å²) < 4.78 is 7.51. The maximum absolute atomic E-state index is 13.0. The van der Waals surface area contributed by atoms with Crippen LogP contribution in [0.15, 0.2) is 53.5 Å². The molecular formula is C22H21ClN2O3. The molecule has 1 atom stereocenters. The van der Waals surface area contributed by atoms with Crippen molar-refractivity contribution in [1.82, 2.24) is 9.88 Å². The summed E-state index contributed by atoms with van der Waals surface area (Å²) in [4.78, 5) is 25.8. The third-order valence-corrected chi connectivity index (χ3v) is 5.37. The van der Waals surface area contributed by atoms with Gasteiger partial charge in [-0.25, -0.2) is 0 Å². The van der Waals surface area contributed by atoms with Gasteiger partial charge in [0.15, 0.2) is 0 Å². The first-order chi connectivity index (χ1) is 13.5. The fourth-order valence-electron chi connectivity index (χ4n) is 3.57. The molecule has 1 unspecified atom stereocenters. The average Bonchev–Trinajstić information content (AvgIpc) is 2.70. The van der Waals surface area contributed by atoms with Crippen molar-refractivity contribution in [1.29, 1.82) is 0 Å². The number of rotatable bonds is 5. The van der Waals surface area contributed by atoms with E-state index in [1.54, 1.807) is 18.3 Å². The summed E-state index contributed by atoms with van der Waals surface area (Å²) in [7, 11) is 0. The normalized spacial score (nSPS) is 13.8. The molecule has 0 bridgehead atoms. The Bertz CT molecular complexity index is 1090. The molecule has 1 aliphatic heterocycles. The smallest absolute Gasteiger partial charge is 0.256 e. The van der Waals surface area contributed by atoms with E-state index in [2.05, 4.69) is 17.4 Å². The Hall–Kier alpha value is -2.79. The van der Waals surface area contributed by atoms with Crippen molar-refractivity contribution >= 4 is 28.4 Å². The fraction of sp³-hybridized carbons (Fsp3) is 0.273. The van der Waals surface area contributed by atoms with Crippen LogP contribution in [0.3, 0.4) is 0 Å². The quantitative estimate of drug-likeness (QED) is 0.713. The second-order valence-electron chi connectivity index (χ2n) is 7.08. The van der Waals surface area contributed by atoms with E-state index in [0.29, 0.717) is 34.8 Å². The van der Waals surface area contributed by atoms with Gasteiger partial charge in [0.2, 0.25) is 5.43 Å². The van der Waals surface area contributed by atoms with Gasteiger partial charge in [-0.2, -0.15) is 0 Å². The molecule has 1 aromatic heterocycles. The van der Waals surface area contributed by atoms with E-state index >= 15 is 0 Å². The highest BCUT2D eigenvalue weighted by Gasteiger charge is 2.22. The highest BCUT2D eigenvalue weighted by molar-refractivity contribution is 6.35. The fourth-order valence-corrected chi connectivity index (χ4v) is 3.81. The van der Waals surface area contributed by atoms with E-state index in [-0.39, 0.29) is 22.9 Å². The van der Waals surface area contributed by atoms with Gasteiger partial charge in [-0.05, 0) is 37.5 Å². The van der Waals surface area contributed by atoms with Gasteiger partial charge in [-0.3, -0.25) is 9.59 Å². The number of nitrogens with one attached hydrogen (secondary N) is 1. The van der Waals surface area contributed by atoms with Crippen molar-refractivity contribution < 1.29 is 9.53 Å². The zero-order valence-corrected chi connectivity index (χ0v) is 16.3. The van der Waals surface area contributed by atoms with E-state index in [4.69, 9.17) is 16.3 Å². The molecule has 0 aliphatic carbocycles. The topological polar surface area (TPSA) is 60.3 Å². The summed E-state index contributed by atoms with van der Waals surface area (Å²) >= 11 is 6.29. The molecule has 28 heavy (non-hydrogen) atoms. The van der Waals surface area contributed by atoms with Crippen LogP contribution in [0.25, 0.3) is 10.9 Å². The SMILES string of the molecule is CC(CCc1ccccc1)NC(=O)c1cn2c3c(ccc(Cl)c3c1=O)OCC2. The van der Waals surface area contributed by atoms with Gasteiger partial charge < -0.3 is 14.6 Å². The minimum absolute atomic E-state index is 0.0608. The first kappa shape index (κ1) is 18.6. The molecule has 144 valence electrons. The predicted octanol–water partition coefficient (Wildman–Crippen LogP) is 3.80. The lowest BCUT2D eigenvalue weighted by atomic mass is 10.1. The van der Waals surface area contributed by atoms with Crippen molar-refractivity contribution in [3.05, 3.63) is 75.0 Å². The number of carbonyl (C=O) groups is 1. The molecule has 4 rings (SSSR count). The zero-order valence-electron chi connectivity index (χ0n) is 15.6. The number of pyridine rings is 1. The second kappa shape index (κ2) is 7.68. The average molecular weight is 397 g/mol. The number of halogens is 1. The number of nitrogens with zero attached hydrogens (tertiary/aromatic N) is 1. The van der Waals surface area contributed by atoms with Crippen molar-refractivity contribution in [3.63, 3.8) is 0 Å². The summed E-state index contributed by atoms with van der Waals surface area (Å²) in [6.07, 6.45) is 3.26. The van der Waals surface area contributed by atoms with Crippen LogP contribution in [-0.2, 0) is 13.0 Å². The van der Waals surface area contributed by atoms with Gasteiger partial charge in [-0.15, -0.1) is 0 Å². The van der Waals surface area contributed by atoms with E-state index in [1.165, 1.54) is 5.56 Å². The minimum atomic E-state index is -0.371. The Balaban J connectivity index is 1.59. The molecule has 6 heteroatoms. The number of hydrogen-bond acceptors (Lipinski definition) is 3. The van der Waals surface area contributed by atoms with Gasteiger partial charge in [0.25, 0.3) is 5.91 Å². The van der Waals surface area contributed by atoms with Crippen LogP contribution < -0.4 is 15.5 Å². The molecule has 1 amide bonds. The van der Waals surface area contributed by atoms with Gasteiger partial charge in [0.05, 0.1) is 22.5 Å². The monoisotopic (exact) mass is 396 g/mol. The number of amides is 1. The van der Waals surface area contributed by atoms with Crippen LogP contribution in [-0.4, -0.2) is 23.1 Å². The third kappa shape index (κ3) is 3.50. The summed E-state index contributed by atoms with van der Waals surface area (Å²) in [5.41, 5.74) is 1.62. The zero-order chi connectivity index (χ0) is 19.7. The highest BCUT2D eigenvalue weighted by Crippen LogP contribution is 2.32. The molecular weight excluding hydrogens is 376 g/mol. The third-order valence-electron chi connectivity index (χ3n) is 5.05. The highest BCUT2D eigenvalue weighted by atomic mass is 35.5. The molecule has 1 aliphatic rings. The van der Waals surface area contributed by atoms with E-state index in [1.807, 2.05) is 29.7 Å². The lowest BCUT2D eigenvalue weighted by molar-refractivity contribution is 0.0936. The number of ether oxygens (including phenoxy) is 1. The summed E-state index contributed by atoms with van der Waals surface area (Å²) in [6.45, 7) is 3.00. The standard InChI is InChI=1S/C22H21ClN2O3/c1-14(7-8-15-5-3-2-4-6-15)24-22(27)16-13-25-11-12-28-18-10-9-17(23)19(20(18)25)21(16)26/h2-6,9-10,13-14H,7-8,11-12H2,1H3,(H,24,27). The van der Waals surface area contributed by atoms with Crippen molar-refractivity contribution in [2.75, 3.05) is 6.61 Å². The lowest BCUT2D eigenvalue weighted by Crippen LogP contribution is -2.36. The maximum atomic E-state index is 13.0. The number of aryl methyl sites for hydroxylation is 1. The molecule has 0 radical (unpaired) electrons. The Kier molecular flexibility index (Phi) is 5.09. The maximum Gasteiger partial charge on any atom is 0.256 e. The summed E-state index contributed by atoms with van der Waals surface area (Å²) in [5.74, 6) is 0.245. The predicted molar refractivity (Wildman–Crippen MR) is 110 cm³/mol. The van der Waals surface area contributed by atoms with E-state index in [0.717, 1.165) is 12.8 Å². The van der Waals surface area contributed by atoms with Crippen LogP contribution >= 0.6 is 11.6 Å². The molecule has 1 N–H and O–H groups in total. The van der Waals surface area contributed by atoms with Crippen molar-refractivity contribution in [2.45, 2.75) is 32.4 Å². The number of aromatic nitrogens is 1. The Morgan fingerprint density at radius 1 is 1.25 bits per heavy atom. The summed E-state index contributed by atoms with van der Waals surface area (Å²) in [6, 6.07) is 13.5. The van der Waals surface area contributed by atoms with Crippen molar-refractivity contribution in [3.8, 4) is 5.75 Å². The second-order valence-corrected chi connectivity index (χ2v) is 7.49. The van der Waals surface area contributed by atoms with Crippen LogP contribution in [0.4, 0.5) is 0 Å². The van der Waals surface area contributed by atoms with Crippen LogP contribution in [0.1, 0.15) is 29.3 Å². The van der Waals surface area contributed by atoms with E-state index < -0.39 is 0 Å². The van der Waals surface area contributed by atoms with Crippen molar-refractivity contribution in [2.24, 2.45) is 0 Å². The van der Waals surface area contributed by atoms with Gasteiger partial charge in [0, 0.05) is 12.2 Å². The molecule has 5 nitrogen and oxygen atoms in total. The van der Waals surface area contributed by atoms with Gasteiger partial charge >= 0.3 is 0 Å². The van der Waals surface area contributed by atoms with Gasteiger partial charge in [0.1, 0.15) is 17.9 Å². The largest absolute Gasteiger partial charge is 0.490 e. The summed E-state index contributed by atoms with van der Waals surface area (Å²) in [5, 5.41) is 3.61. The number of carbonyl (C=O) groups excluding carboxylic acids is 1. The Morgan fingerprint density at radius 3 is 2.82 bits per heavy atom. The van der Waals surface area contributed by atoms with E-state index in [9.17, 15) is 9.59 Å². The molecule has 3 aromatic rings. The molecule has 0 saturated heterocycles. The first-order valence-electron chi connectivity index (χ1n) is 9.38. The number of benzene rings is 2. The first-order valence-corrected chi connectivity index (χ1v) is 9.75. The number of hydrogen-bond donors (Lipinski definition) is 1. The van der Waals surface area contributed by atoms with Crippen LogP contribution in [0.2, 0.25) is 5.02 Å². The Morgan fingerprint density at radius 2 is 2.04 bits per heavy atom.